The standard InChI is InChI=1S/C23H24F5N5O4S/c24-38(25,26,27,28)16-1-2-18(19(13-16)33(35)36)23(34)32-9-4-14(5-10-32)17-3-8-29-22-20(17)30-21(31-22)15-6-11-37-12-7-15/h1-3,8,13-15H,4-7,9-12H2,(H,29,30,31). The minimum absolute atomic E-state index is 0.000808. The van der Waals surface area contributed by atoms with Gasteiger partial charge in [0.1, 0.15) is 21.8 Å². The van der Waals surface area contributed by atoms with Crippen LogP contribution in [-0.2, 0) is 4.74 Å². The summed E-state index contributed by atoms with van der Waals surface area (Å²) < 4.78 is 71.2. The number of amides is 1. The molecular weight excluding hydrogens is 537 g/mol. The Morgan fingerprint density at radius 2 is 1.74 bits per heavy atom. The highest BCUT2D eigenvalue weighted by Gasteiger charge is 2.66. The number of H-pyrrole nitrogens is 1. The zero-order valence-corrected chi connectivity index (χ0v) is 20.7. The van der Waals surface area contributed by atoms with Crippen molar-refractivity contribution in [2.24, 2.45) is 0 Å². The van der Waals surface area contributed by atoms with Crippen molar-refractivity contribution in [2.75, 3.05) is 26.3 Å². The van der Waals surface area contributed by atoms with E-state index in [1.165, 1.54) is 4.90 Å². The number of benzene rings is 1. The lowest BCUT2D eigenvalue weighted by molar-refractivity contribution is -0.385. The molecule has 2 saturated heterocycles. The molecule has 15 heteroatoms. The Labute approximate surface area is 213 Å². The molecule has 1 amide bonds. The van der Waals surface area contributed by atoms with Gasteiger partial charge in [0.25, 0.3) is 11.6 Å². The van der Waals surface area contributed by atoms with Crippen molar-refractivity contribution in [3.8, 4) is 0 Å². The molecule has 0 aliphatic carbocycles. The molecule has 0 saturated carbocycles. The minimum Gasteiger partial charge on any atom is -0.381 e. The van der Waals surface area contributed by atoms with Gasteiger partial charge in [-0.15, -0.1) is 0 Å². The van der Waals surface area contributed by atoms with Crippen molar-refractivity contribution in [1.29, 1.82) is 0 Å². The van der Waals surface area contributed by atoms with Crippen molar-refractivity contribution in [3.63, 3.8) is 0 Å². The number of nitro benzene ring substituents is 1. The largest absolute Gasteiger partial charge is 0.381 e. The van der Waals surface area contributed by atoms with Gasteiger partial charge in [-0.3, -0.25) is 14.9 Å². The lowest BCUT2D eigenvalue weighted by atomic mass is 9.89. The number of hydrogen-bond donors (Lipinski definition) is 1. The van der Waals surface area contributed by atoms with Crippen LogP contribution in [0.4, 0.5) is 25.1 Å². The fraction of sp³-hybridized carbons (Fsp3) is 0.435. The first-order valence-electron chi connectivity index (χ1n) is 12.0. The van der Waals surface area contributed by atoms with E-state index in [-0.39, 0.29) is 37.1 Å². The summed E-state index contributed by atoms with van der Waals surface area (Å²) in [6.07, 6.45) is 4.32. The molecule has 3 aromatic rings. The number of aromatic amines is 1. The number of nitrogens with one attached hydrogen (secondary N) is 1. The quantitative estimate of drug-likeness (QED) is 0.218. The predicted molar refractivity (Wildman–Crippen MR) is 129 cm³/mol. The highest BCUT2D eigenvalue weighted by Crippen LogP contribution is 3.02. The van der Waals surface area contributed by atoms with E-state index in [4.69, 9.17) is 9.72 Å². The molecule has 1 aromatic carbocycles. The Morgan fingerprint density at radius 3 is 2.37 bits per heavy atom. The number of nitro groups is 1. The van der Waals surface area contributed by atoms with Gasteiger partial charge in [0.05, 0.1) is 4.92 Å². The minimum atomic E-state index is -10.2. The Balaban J connectivity index is 1.34. The third-order valence-electron chi connectivity index (χ3n) is 7.11. The van der Waals surface area contributed by atoms with E-state index < -0.39 is 37.2 Å². The average molecular weight is 562 g/mol. The fourth-order valence-electron chi connectivity index (χ4n) is 5.09. The van der Waals surface area contributed by atoms with Gasteiger partial charge in [-0.2, -0.15) is 0 Å². The number of nitrogens with zero attached hydrogens (tertiary/aromatic N) is 4. The molecule has 0 atom stereocenters. The smallest absolute Gasteiger partial charge is 0.310 e. The Kier molecular flexibility index (Phi) is 5.94. The van der Waals surface area contributed by atoms with E-state index in [0.717, 1.165) is 29.7 Å². The first-order valence-corrected chi connectivity index (χ1v) is 13.9. The summed E-state index contributed by atoms with van der Waals surface area (Å²) in [7, 11) is -10.2. The molecule has 2 fully saturated rings. The van der Waals surface area contributed by atoms with Crippen LogP contribution in [0.5, 0.6) is 0 Å². The Hall–Kier alpha value is -3.33. The molecular formula is C23H24F5N5O4S. The van der Waals surface area contributed by atoms with Gasteiger partial charge < -0.3 is 14.6 Å². The number of imidazole rings is 1. The molecule has 2 aliphatic heterocycles. The zero-order chi connectivity index (χ0) is 27.4. The summed E-state index contributed by atoms with van der Waals surface area (Å²) in [6.45, 7) is 1.67. The van der Waals surface area contributed by atoms with E-state index in [1.807, 2.05) is 6.07 Å². The topological polar surface area (TPSA) is 114 Å². The molecule has 2 aromatic heterocycles. The Morgan fingerprint density at radius 1 is 1.05 bits per heavy atom. The van der Waals surface area contributed by atoms with Crippen LogP contribution in [0.1, 0.15) is 59.3 Å². The van der Waals surface area contributed by atoms with Crippen molar-refractivity contribution >= 4 is 33.0 Å². The normalized spacial score (nSPS) is 19.8. The van der Waals surface area contributed by atoms with Crippen LogP contribution in [0.3, 0.4) is 0 Å². The molecule has 0 unspecified atom stereocenters. The number of aromatic nitrogens is 3. The van der Waals surface area contributed by atoms with E-state index >= 15 is 0 Å². The van der Waals surface area contributed by atoms with Crippen molar-refractivity contribution in [2.45, 2.75) is 42.4 Å². The van der Waals surface area contributed by atoms with Crippen molar-refractivity contribution in [3.05, 3.63) is 57.5 Å². The summed E-state index contributed by atoms with van der Waals surface area (Å²) in [5.41, 5.74) is 0.362. The fourth-order valence-corrected chi connectivity index (χ4v) is 5.75. The summed E-state index contributed by atoms with van der Waals surface area (Å²) >= 11 is 0. The SMILES string of the molecule is O=C(c1ccc(S(F)(F)(F)(F)F)cc1[N+](=O)[O-])N1CCC(c2ccnc3[nH]c(C4CCOCC4)nc23)CC1. The van der Waals surface area contributed by atoms with Crippen LogP contribution in [-0.4, -0.2) is 57.0 Å². The lowest BCUT2D eigenvalue weighted by Crippen LogP contribution is -2.38. The van der Waals surface area contributed by atoms with E-state index in [1.54, 1.807) is 6.20 Å². The van der Waals surface area contributed by atoms with Crippen LogP contribution >= 0.6 is 10.2 Å². The van der Waals surface area contributed by atoms with Gasteiger partial charge in [0.15, 0.2) is 5.65 Å². The monoisotopic (exact) mass is 561 g/mol. The maximum atomic E-state index is 13.2. The molecule has 0 bridgehead atoms. The molecule has 0 radical (unpaired) electrons. The third-order valence-corrected chi connectivity index (χ3v) is 8.25. The van der Waals surface area contributed by atoms with Crippen LogP contribution < -0.4 is 0 Å². The van der Waals surface area contributed by atoms with Gasteiger partial charge in [0, 0.05) is 44.5 Å². The molecule has 5 rings (SSSR count). The third kappa shape index (κ3) is 5.16. The number of fused-ring (bicyclic) bond motifs is 1. The average Bonchev–Trinajstić information content (AvgIpc) is 3.32. The first-order chi connectivity index (χ1) is 17.7. The summed E-state index contributed by atoms with van der Waals surface area (Å²) in [4.78, 5) is 34.5. The molecule has 206 valence electrons. The molecule has 4 heterocycles. The van der Waals surface area contributed by atoms with Gasteiger partial charge in [0.2, 0.25) is 0 Å². The van der Waals surface area contributed by atoms with Crippen LogP contribution in [0.25, 0.3) is 11.2 Å². The Bertz CT molecular complexity index is 1420. The number of carbonyl (C=O) groups excluding carboxylic acids is 1. The van der Waals surface area contributed by atoms with E-state index in [9.17, 15) is 34.3 Å². The second-order valence-corrected chi connectivity index (χ2v) is 12.0. The number of piperidine rings is 1. The molecule has 0 spiro atoms. The van der Waals surface area contributed by atoms with Gasteiger partial charge in [-0.05, 0) is 55.4 Å². The van der Waals surface area contributed by atoms with Gasteiger partial charge in [-0.1, -0.05) is 19.4 Å². The van der Waals surface area contributed by atoms with Crippen LogP contribution in [0.15, 0.2) is 35.4 Å². The van der Waals surface area contributed by atoms with Crippen molar-refractivity contribution < 1.29 is 33.9 Å². The molecule has 9 nitrogen and oxygen atoms in total. The number of rotatable bonds is 5. The van der Waals surface area contributed by atoms with Gasteiger partial charge in [-0.25, -0.2) is 9.97 Å². The summed E-state index contributed by atoms with van der Waals surface area (Å²) in [5.74, 6) is 0.205. The molecule has 38 heavy (non-hydrogen) atoms. The number of likely N-dealkylation sites (tertiary alicyclic amines) is 1. The maximum absolute atomic E-state index is 13.2. The highest BCUT2D eigenvalue weighted by atomic mass is 32.5. The number of pyridine rings is 1. The first kappa shape index (κ1) is 26.3. The maximum Gasteiger partial charge on any atom is 0.310 e. The van der Waals surface area contributed by atoms with E-state index in [0.29, 0.717) is 37.8 Å². The van der Waals surface area contributed by atoms with Crippen molar-refractivity contribution in [1.82, 2.24) is 19.9 Å². The van der Waals surface area contributed by atoms with E-state index in [2.05, 4.69) is 9.97 Å². The van der Waals surface area contributed by atoms with Crippen LogP contribution in [0, 0.1) is 10.1 Å². The molecule has 2 aliphatic rings. The number of hydrogen-bond acceptors (Lipinski definition) is 6. The zero-order valence-electron chi connectivity index (χ0n) is 19.9. The molecule has 1 N–H and O–H groups in total. The number of ether oxygens (including phenoxy) is 1. The predicted octanol–water partition coefficient (Wildman–Crippen LogP) is 6.44. The second-order valence-electron chi connectivity index (χ2n) is 9.58. The summed E-state index contributed by atoms with van der Waals surface area (Å²) in [6, 6.07) is 2.08. The lowest BCUT2D eigenvalue weighted by Gasteiger charge is -2.40. The van der Waals surface area contributed by atoms with Gasteiger partial charge >= 0.3 is 10.2 Å². The second kappa shape index (κ2) is 8.59. The number of carbonyl (C=O) groups is 1. The van der Waals surface area contributed by atoms with Crippen LogP contribution in [0.2, 0.25) is 0 Å². The summed E-state index contributed by atoms with van der Waals surface area (Å²) in [5, 5.41) is 11.4. The number of halogens is 5. The highest BCUT2D eigenvalue weighted by molar-refractivity contribution is 8.45.